The van der Waals surface area contributed by atoms with E-state index < -0.39 is 23.0 Å². The van der Waals surface area contributed by atoms with Crippen molar-refractivity contribution in [3.8, 4) is 5.75 Å². The Morgan fingerprint density at radius 3 is 2.88 bits per heavy atom. The molecule has 2 aromatic carbocycles. The van der Waals surface area contributed by atoms with E-state index in [0.29, 0.717) is 16.8 Å². The molecule has 0 unspecified atom stereocenters. The molecule has 4 aromatic rings. The van der Waals surface area contributed by atoms with Crippen LogP contribution in [0.15, 0.2) is 59.8 Å². The maximum atomic E-state index is 15.2. The molecule has 4 rings (SSSR count). The van der Waals surface area contributed by atoms with E-state index in [-0.39, 0.29) is 24.5 Å². The number of fused-ring (bicyclic) bond motifs is 1. The molecule has 0 amide bonds. The standard InChI is InChI=1S/C23H19F2N3O3S/c1-13-3-2-4-15(9-13)32-28-19-6-5-18(24)20(21(19)25)22(30)17-12-27-23-16(17)10-14(11-26-23)31-8-7-29/h2-6,9-12,28-29H,7-8H2,1H3,(H,26,27). The lowest BCUT2D eigenvalue weighted by atomic mass is 10.0. The van der Waals surface area contributed by atoms with Gasteiger partial charge in [0.05, 0.1) is 24.1 Å². The molecule has 6 nitrogen and oxygen atoms in total. The van der Waals surface area contributed by atoms with Gasteiger partial charge in [-0.3, -0.25) is 4.79 Å². The number of halogens is 2. The summed E-state index contributed by atoms with van der Waals surface area (Å²) < 4.78 is 37.9. The van der Waals surface area contributed by atoms with E-state index in [1.165, 1.54) is 24.5 Å². The average molecular weight is 455 g/mol. The number of ether oxygens (including phenoxy) is 1. The van der Waals surface area contributed by atoms with Crippen molar-refractivity contribution in [2.45, 2.75) is 11.8 Å². The number of aryl methyl sites for hydroxylation is 1. The second-order valence-electron chi connectivity index (χ2n) is 6.98. The molecule has 2 heterocycles. The molecule has 0 aliphatic heterocycles. The fraction of sp³-hybridized carbons (Fsp3) is 0.130. The van der Waals surface area contributed by atoms with E-state index in [1.807, 2.05) is 31.2 Å². The van der Waals surface area contributed by atoms with Crippen LogP contribution in [0.3, 0.4) is 0 Å². The third-order valence-electron chi connectivity index (χ3n) is 4.70. The number of nitrogens with one attached hydrogen (secondary N) is 2. The van der Waals surface area contributed by atoms with Crippen molar-refractivity contribution < 1.29 is 23.4 Å². The van der Waals surface area contributed by atoms with Crippen LogP contribution in [-0.2, 0) is 0 Å². The van der Waals surface area contributed by atoms with Crippen molar-refractivity contribution in [3.63, 3.8) is 0 Å². The van der Waals surface area contributed by atoms with Crippen LogP contribution >= 0.6 is 11.9 Å². The van der Waals surface area contributed by atoms with Gasteiger partial charge in [-0.25, -0.2) is 13.8 Å². The van der Waals surface area contributed by atoms with Crippen LogP contribution in [0, 0.1) is 18.6 Å². The Kier molecular flexibility index (Phi) is 6.38. The Balaban J connectivity index is 1.65. The fourth-order valence-corrected chi connectivity index (χ4v) is 3.96. The second kappa shape index (κ2) is 9.37. The van der Waals surface area contributed by atoms with Gasteiger partial charge >= 0.3 is 0 Å². The Morgan fingerprint density at radius 1 is 1.25 bits per heavy atom. The highest BCUT2D eigenvalue weighted by molar-refractivity contribution is 8.00. The van der Waals surface area contributed by atoms with Gasteiger partial charge in [0.2, 0.25) is 5.78 Å². The smallest absolute Gasteiger partial charge is 0.201 e. The first kappa shape index (κ1) is 21.8. The third kappa shape index (κ3) is 4.44. The summed E-state index contributed by atoms with van der Waals surface area (Å²) in [5, 5.41) is 9.27. The van der Waals surface area contributed by atoms with Gasteiger partial charge in [0.15, 0.2) is 5.82 Å². The van der Waals surface area contributed by atoms with Crippen LogP contribution in [0.4, 0.5) is 14.5 Å². The van der Waals surface area contributed by atoms with E-state index in [1.54, 1.807) is 0 Å². The lowest BCUT2D eigenvalue weighted by Gasteiger charge is -2.11. The maximum Gasteiger partial charge on any atom is 0.201 e. The van der Waals surface area contributed by atoms with Gasteiger partial charge in [-0.15, -0.1) is 0 Å². The zero-order valence-corrected chi connectivity index (χ0v) is 17.8. The van der Waals surface area contributed by atoms with Crippen LogP contribution in [0.2, 0.25) is 0 Å². The van der Waals surface area contributed by atoms with E-state index in [4.69, 9.17) is 9.84 Å². The monoisotopic (exact) mass is 455 g/mol. The van der Waals surface area contributed by atoms with Crippen molar-refractivity contribution >= 4 is 34.5 Å². The van der Waals surface area contributed by atoms with Gasteiger partial charge in [-0.05, 0) is 54.8 Å². The number of benzene rings is 2. The van der Waals surface area contributed by atoms with E-state index in [2.05, 4.69) is 14.7 Å². The molecule has 0 fully saturated rings. The minimum Gasteiger partial charge on any atom is -0.490 e. The highest BCUT2D eigenvalue weighted by Crippen LogP contribution is 2.30. The first-order valence-electron chi connectivity index (χ1n) is 9.71. The predicted octanol–water partition coefficient (Wildman–Crippen LogP) is 4.87. The van der Waals surface area contributed by atoms with Crippen molar-refractivity contribution in [3.05, 3.63) is 83.2 Å². The van der Waals surface area contributed by atoms with Crippen molar-refractivity contribution in [1.29, 1.82) is 0 Å². The van der Waals surface area contributed by atoms with Crippen LogP contribution in [0.25, 0.3) is 11.0 Å². The summed E-state index contributed by atoms with van der Waals surface area (Å²) in [5.41, 5.74) is 0.800. The van der Waals surface area contributed by atoms with Gasteiger partial charge < -0.3 is 19.5 Å². The largest absolute Gasteiger partial charge is 0.490 e. The highest BCUT2D eigenvalue weighted by Gasteiger charge is 2.24. The average Bonchev–Trinajstić information content (AvgIpc) is 3.20. The number of aliphatic hydroxyl groups excluding tert-OH is 1. The van der Waals surface area contributed by atoms with Gasteiger partial charge in [0.25, 0.3) is 0 Å². The van der Waals surface area contributed by atoms with E-state index in [0.717, 1.165) is 28.5 Å². The number of anilines is 1. The summed E-state index contributed by atoms with van der Waals surface area (Å²) in [6, 6.07) is 11.4. The topological polar surface area (TPSA) is 87.2 Å². The lowest BCUT2D eigenvalue weighted by molar-refractivity contribution is 0.103. The summed E-state index contributed by atoms with van der Waals surface area (Å²) in [5.74, 6) is -2.44. The number of carbonyl (C=O) groups excluding carboxylic acids is 1. The maximum absolute atomic E-state index is 15.2. The SMILES string of the molecule is Cc1cccc(SNc2ccc(F)c(C(=O)c3c[nH]c4ncc(OCCO)cc34)c2F)c1. The van der Waals surface area contributed by atoms with Crippen LogP contribution < -0.4 is 9.46 Å². The quantitative estimate of drug-likeness (QED) is 0.260. The first-order chi connectivity index (χ1) is 15.5. The van der Waals surface area contributed by atoms with Gasteiger partial charge in [0.1, 0.15) is 23.8 Å². The Bertz CT molecular complexity index is 1290. The minimum absolute atomic E-state index is 0.00816. The summed E-state index contributed by atoms with van der Waals surface area (Å²) in [7, 11) is 0. The molecule has 164 valence electrons. The molecule has 9 heteroatoms. The molecule has 0 atom stereocenters. The normalized spacial score (nSPS) is 11.0. The third-order valence-corrected chi connectivity index (χ3v) is 5.51. The molecule has 0 bridgehead atoms. The molecule has 2 aromatic heterocycles. The molecular formula is C23H19F2N3O3S. The van der Waals surface area contributed by atoms with Crippen molar-refractivity contribution in [2.75, 3.05) is 17.9 Å². The molecule has 3 N–H and O–H groups in total. The number of H-pyrrole nitrogens is 1. The summed E-state index contributed by atoms with van der Waals surface area (Å²) >= 11 is 1.16. The van der Waals surface area contributed by atoms with Gasteiger partial charge in [-0.1, -0.05) is 12.1 Å². The van der Waals surface area contributed by atoms with Crippen LogP contribution in [0.5, 0.6) is 5.75 Å². The van der Waals surface area contributed by atoms with Crippen molar-refractivity contribution in [1.82, 2.24) is 9.97 Å². The number of ketones is 1. The second-order valence-corrected chi connectivity index (χ2v) is 7.85. The first-order valence-corrected chi connectivity index (χ1v) is 10.5. The highest BCUT2D eigenvalue weighted by atomic mass is 32.2. The lowest BCUT2D eigenvalue weighted by Crippen LogP contribution is -2.09. The van der Waals surface area contributed by atoms with Crippen LogP contribution in [-0.4, -0.2) is 34.1 Å². The van der Waals surface area contributed by atoms with Gasteiger partial charge in [-0.2, -0.15) is 0 Å². The zero-order chi connectivity index (χ0) is 22.7. The molecule has 32 heavy (non-hydrogen) atoms. The zero-order valence-electron chi connectivity index (χ0n) is 17.0. The fourth-order valence-electron chi connectivity index (χ4n) is 3.18. The number of carbonyl (C=O) groups is 1. The van der Waals surface area contributed by atoms with Gasteiger partial charge in [0, 0.05) is 22.0 Å². The summed E-state index contributed by atoms with van der Waals surface area (Å²) in [4.78, 5) is 20.9. The van der Waals surface area contributed by atoms with E-state index in [9.17, 15) is 9.18 Å². The summed E-state index contributed by atoms with van der Waals surface area (Å²) in [6.45, 7) is 1.81. The minimum atomic E-state index is -0.981. The van der Waals surface area contributed by atoms with E-state index >= 15 is 4.39 Å². The molecule has 0 aliphatic carbocycles. The molecule has 0 spiro atoms. The number of pyridine rings is 1. The molecule has 0 saturated carbocycles. The molecule has 0 saturated heterocycles. The molecule has 0 radical (unpaired) electrons. The molecular weight excluding hydrogens is 436 g/mol. The number of hydrogen-bond acceptors (Lipinski definition) is 6. The number of aromatic nitrogens is 2. The van der Waals surface area contributed by atoms with Crippen LogP contribution in [0.1, 0.15) is 21.5 Å². The Labute approximate surface area is 186 Å². The number of aliphatic hydroxyl groups is 1. The predicted molar refractivity (Wildman–Crippen MR) is 119 cm³/mol. The number of aromatic amines is 1. The van der Waals surface area contributed by atoms with Crippen molar-refractivity contribution in [2.24, 2.45) is 0 Å². The number of hydrogen-bond donors (Lipinski definition) is 3. The number of nitrogens with zero attached hydrogens (tertiary/aromatic N) is 1. The summed E-state index contributed by atoms with van der Waals surface area (Å²) in [6.07, 6.45) is 2.78. The Hall–Kier alpha value is -3.43. The Morgan fingerprint density at radius 2 is 2.09 bits per heavy atom. The number of rotatable bonds is 8. The molecule has 0 aliphatic rings.